The van der Waals surface area contributed by atoms with Crippen molar-refractivity contribution in [1.29, 1.82) is 0 Å². The van der Waals surface area contributed by atoms with Crippen molar-refractivity contribution in [2.75, 3.05) is 12.5 Å². The Balaban J connectivity index is 2.10. The van der Waals surface area contributed by atoms with E-state index in [-0.39, 0.29) is 5.56 Å². The summed E-state index contributed by atoms with van der Waals surface area (Å²) in [6.07, 6.45) is 1.62. The Morgan fingerprint density at radius 1 is 1.25 bits per heavy atom. The third-order valence-corrected chi connectivity index (χ3v) is 2.65. The quantitative estimate of drug-likeness (QED) is 0.647. The van der Waals surface area contributed by atoms with Gasteiger partial charge in [-0.05, 0) is 30.3 Å². The lowest BCUT2D eigenvalue weighted by molar-refractivity contribution is 0.0697. The zero-order chi connectivity index (χ0) is 14.4. The molecule has 0 heterocycles. The number of hydrogen-bond acceptors (Lipinski definition) is 4. The van der Waals surface area contributed by atoms with Crippen LogP contribution in [0.15, 0.2) is 53.6 Å². The standard InChI is InChI=1S/C15H14N2O3/c1-20-14-8-3-2-5-12(14)10-16-17-13-7-4-6-11(9-13)15(18)19/h2-10,17H,1H3,(H,18,19). The number of aromatic carboxylic acids is 1. The minimum atomic E-state index is -0.970. The van der Waals surface area contributed by atoms with Crippen LogP contribution in [-0.4, -0.2) is 24.4 Å². The van der Waals surface area contributed by atoms with Gasteiger partial charge in [-0.2, -0.15) is 5.10 Å². The number of hydrazone groups is 1. The summed E-state index contributed by atoms with van der Waals surface area (Å²) in [5, 5.41) is 13.0. The number of ether oxygens (including phenoxy) is 1. The number of carboxylic acid groups (broad SMARTS) is 1. The van der Waals surface area contributed by atoms with Gasteiger partial charge in [0.1, 0.15) is 5.75 Å². The van der Waals surface area contributed by atoms with Gasteiger partial charge in [0.05, 0.1) is 24.6 Å². The largest absolute Gasteiger partial charge is 0.496 e. The van der Waals surface area contributed by atoms with Crippen molar-refractivity contribution in [1.82, 2.24) is 0 Å². The molecular weight excluding hydrogens is 256 g/mol. The molecule has 20 heavy (non-hydrogen) atoms. The SMILES string of the molecule is COc1ccccc1C=NNc1cccc(C(=O)O)c1. The summed E-state index contributed by atoms with van der Waals surface area (Å²) in [6.45, 7) is 0. The molecule has 0 saturated carbocycles. The van der Waals surface area contributed by atoms with E-state index in [1.54, 1.807) is 25.5 Å². The Labute approximate surface area is 116 Å². The second-order valence-corrected chi connectivity index (χ2v) is 4.00. The molecular formula is C15H14N2O3. The molecule has 0 unspecified atom stereocenters. The zero-order valence-corrected chi connectivity index (χ0v) is 10.9. The van der Waals surface area contributed by atoms with Crippen molar-refractivity contribution in [2.24, 2.45) is 5.10 Å². The van der Waals surface area contributed by atoms with E-state index in [1.807, 2.05) is 24.3 Å². The molecule has 0 aromatic heterocycles. The van der Waals surface area contributed by atoms with Gasteiger partial charge >= 0.3 is 5.97 Å². The Morgan fingerprint density at radius 2 is 2.05 bits per heavy atom. The number of anilines is 1. The van der Waals surface area contributed by atoms with Crippen molar-refractivity contribution >= 4 is 17.9 Å². The Bertz CT molecular complexity index is 639. The molecule has 0 saturated heterocycles. The third kappa shape index (κ3) is 3.35. The number of benzene rings is 2. The maximum absolute atomic E-state index is 10.8. The van der Waals surface area contributed by atoms with E-state index in [0.717, 1.165) is 11.3 Å². The van der Waals surface area contributed by atoms with Gasteiger partial charge in [0, 0.05) is 5.56 Å². The summed E-state index contributed by atoms with van der Waals surface area (Å²) in [5.41, 5.74) is 4.44. The lowest BCUT2D eigenvalue weighted by Gasteiger charge is -2.04. The van der Waals surface area contributed by atoms with Crippen LogP contribution in [-0.2, 0) is 0 Å². The lowest BCUT2D eigenvalue weighted by Crippen LogP contribution is -1.98. The number of rotatable bonds is 5. The first-order valence-corrected chi connectivity index (χ1v) is 5.96. The Kier molecular flexibility index (Phi) is 4.34. The highest BCUT2D eigenvalue weighted by Crippen LogP contribution is 2.15. The predicted molar refractivity (Wildman–Crippen MR) is 77.6 cm³/mol. The van der Waals surface area contributed by atoms with Crippen LogP contribution < -0.4 is 10.2 Å². The fourth-order valence-corrected chi connectivity index (χ4v) is 1.67. The van der Waals surface area contributed by atoms with E-state index in [4.69, 9.17) is 9.84 Å². The van der Waals surface area contributed by atoms with Gasteiger partial charge in [0.2, 0.25) is 0 Å². The van der Waals surface area contributed by atoms with E-state index in [2.05, 4.69) is 10.5 Å². The number of carbonyl (C=O) groups is 1. The first-order valence-electron chi connectivity index (χ1n) is 5.96. The van der Waals surface area contributed by atoms with Gasteiger partial charge in [-0.15, -0.1) is 0 Å². The average Bonchev–Trinajstić information content (AvgIpc) is 2.48. The minimum Gasteiger partial charge on any atom is -0.496 e. The highest BCUT2D eigenvalue weighted by atomic mass is 16.5. The van der Waals surface area contributed by atoms with Crippen LogP contribution in [0.25, 0.3) is 0 Å². The van der Waals surface area contributed by atoms with Crippen LogP contribution in [0.1, 0.15) is 15.9 Å². The molecule has 2 aromatic rings. The maximum atomic E-state index is 10.8. The molecule has 0 aliphatic carbocycles. The van der Waals surface area contributed by atoms with Gasteiger partial charge < -0.3 is 9.84 Å². The molecule has 0 fully saturated rings. The number of carboxylic acids is 1. The minimum absolute atomic E-state index is 0.211. The first kappa shape index (κ1) is 13.6. The molecule has 5 nitrogen and oxygen atoms in total. The number of para-hydroxylation sites is 1. The second-order valence-electron chi connectivity index (χ2n) is 4.00. The summed E-state index contributed by atoms with van der Waals surface area (Å²) in [6, 6.07) is 13.9. The van der Waals surface area contributed by atoms with Crippen molar-refractivity contribution in [3.05, 3.63) is 59.7 Å². The van der Waals surface area contributed by atoms with E-state index in [0.29, 0.717) is 5.69 Å². The van der Waals surface area contributed by atoms with Gasteiger partial charge in [0.15, 0.2) is 0 Å². The molecule has 0 spiro atoms. The summed E-state index contributed by atoms with van der Waals surface area (Å²) in [5.74, 6) is -0.250. The fourth-order valence-electron chi connectivity index (χ4n) is 1.67. The second kappa shape index (κ2) is 6.38. The molecule has 5 heteroatoms. The predicted octanol–water partition coefficient (Wildman–Crippen LogP) is 2.84. The van der Waals surface area contributed by atoms with Crippen molar-refractivity contribution in [3.8, 4) is 5.75 Å². The highest BCUT2D eigenvalue weighted by Gasteiger charge is 2.02. The molecule has 2 rings (SSSR count). The Hall–Kier alpha value is -2.82. The van der Waals surface area contributed by atoms with Crippen molar-refractivity contribution in [2.45, 2.75) is 0 Å². The summed E-state index contributed by atoms with van der Waals surface area (Å²) in [7, 11) is 1.59. The van der Waals surface area contributed by atoms with Crippen molar-refractivity contribution < 1.29 is 14.6 Å². The average molecular weight is 270 g/mol. The number of nitrogens with zero attached hydrogens (tertiary/aromatic N) is 1. The number of nitrogens with one attached hydrogen (secondary N) is 1. The van der Waals surface area contributed by atoms with Crippen LogP contribution in [0.2, 0.25) is 0 Å². The van der Waals surface area contributed by atoms with Gasteiger partial charge in [-0.1, -0.05) is 18.2 Å². The molecule has 0 bridgehead atoms. The fraction of sp³-hybridized carbons (Fsp3) is 0.0667. The molecule has 2 N–H and O–H groups in total. The topological polar surface area (TPSA) is 70.9 Å². The maximum Gasteiger partial charge on any atom is 0.335 e. The van der Waals surface area contributed by atoms with E-state index >= 15 is 0 Å². The summed E-state index contributed by atoms with van der Waals surface area (Å²) in [4.78, 5) is 10.8. The van der Waals surface area contributed by atoms with Crippen LogP contribution >= 0.6 is 0 Å². The summed E-state index contributed by atoms with van der Waals surface area (Å²) < 4.78 is 5.20. The highest BCUT2D eigenvalue weighted by molar-refractivity contribution is 5.89. The monoisotopic (exact) mass is 270 g/mol. The molecule has 0 aliphatic heterocycles. The molecule has 2 aromatic carbocycles. The van der Waals surface area contributed by atoms with E-state index in [9.17, 15) is 4.79 Å². The van der Waals surface area contributed by atoms with Gasteiger partial charge in [0.25, 0.3) is 0 Å². The smallest absolute Gasteiger partial charge is 0.335 e. The first-order chi connectivity index (χ1) is 9.70. The van der Waals surface area contributed by atoms with Crippen LogP contribution in [0.5, 0.6) is 5.75 Å². The van der Waals surface area contributed by atoms with E-state index < -0.39 is 5.97 Å². The molecule has 102 valence electrons. The Morgan fingerprint density at radius 3 is 2.80 bits per heavy atom. The molecule has 0 aliphatic rings. The van der Waals surface area contributed by atoms with Crippen LogP contribution in [0.3, 0.4) is 0 Å². The zero-order valence-electron chi connectivity index (χ0n) is 10.9. The van der Waals surface area contributed by atoms with Gasteiger partial charge in [-0.3, -0.25) is 5.43 Å². The number of hydrogen-bond donors (Lipinski definition) is 2. The molecule has 0 amide bonds. The van der Waals surface area contributed by atoms with Gasteiger partial charge in [-0.25, -0.2) is 4.79 Å². The van der Waals surface area contributed by atoms with Crippen molar-refractivity contribution in [3.63, 3.8) is 0 Å². The summed E-state index contributed by atoms with van der Waals surface area (Å²) >= 11 is 0. The number of methoxy groups -OCH3 is 1. The van der Waals surface area contributed by atoms with Crippen LogP contribution in [0.4, 0.5) is 5.69 Å². The normalized spacial score (nSPS) is 10.4. The molecule has 0 radical (unpaired) electrons. The third-order valence-electron chi connectivity index (χ3n) is 2.65. The molecule has 0 atom stereocenters. The lowest BCUT2D eigenvalue weighted by atomic mass is 10.2. The van der Waals surface area contributed by atoms with Crippen LogP contribution in [0, 0.1) is 0 Å². The van der Waals surface area contributed by atoms with E-state index in [1.165, 1.54) is 12.1 Å².